The van der Waals surface area contributed by atoms with Crippen LogP contribution in [0.3, 0.4) is 0 Å². The molecule has 1 saturated heterocycles. The molecule has 1 N–H and O–H groups in total. The Kier molecular flexibility index (Phi) is 5.66. The molecule has 5 heteroatoms. The van der Waals surface area contributed by atoms with Gasteiger partial charge in [0.05, 0.1) is 6.54 Å². The molecule has 1 aromatic carbocycles. The number of aliphatic hydroxyl groups is 1. The second-order valence-electron chi connectivity index (χ2n) is 6.48. The number of halogens is 1. The Bertz CT molecular complexity index is 658. The van der Waals surface area contributed by atoms with Crippen molar-refractivity contribution in [2.24, 2.45) is 0 Å². The summed E-state index contributed by atoms with van der Waals surface area (Å²) in [6, 6.07) is 11.2. The topological polar surface area (TPSA) is 39.9 Å². The van der Waals surface area contributed by atoms with Crippen LogP contribution in [-0.4, -0.2) is 47.2 Å². The van der Waals surface area contributed by atoms with E-state index in [0.717, 1.165) is 43.3 Å². The molecule has 0 bridgehead atoms. The highest BCUT2D eigenvalue weighted by atomic mass is 19.1. The lowest BCUT2D eigenvalue weighted by atomic mass is 10.1. The molecule has 130 valence electrons. The number of furan rings is 1. The van der Waals surface area contributed by atoms with Crippen LogP contribution in [0.4, 0.5) is 4.39 Å². The number of hydrogen-bond acceptors (Lipinski definition) is 4. The van der Waals surface area contributed by atoms with Crippen molar-refractivity contribution in [3.63, 3.8) is 0 Å². The maximum absolute atomic E-state index is 13.9. The van der Waals surface area contributed by atoms with E-state index >= 15 is 0 Å². The third-order valence-electron chi connectivity index (χ3n) is 4.66. The van der Waals surface area contributed by atoms with E-state index < -0.39 is 0 Å². The molecule has 0 saturated carbocycles. The molecule has 1 aromatic heterocycles. The molecule has 4 nitrogen and oxygen atoms in total. The second-order valence-corrected chi connectivity index (χ2v) is 6.48. The summed E-state index contributed by atoms with van der Waals surface area (Å²) in [7, 11) is 0. The van der Waals surface area contributed by atoms with Gasteiger partial charge in [0.25, 0.3) is 0 Å². The summed E-state index contributed by atoms with van der Waals surface area (Å²) in [5.74, 6) is 1.73. The Morgan fingerprint density at radius 3 is 2.71 bits per heavy atom. The lowest BCUT2D eigenvalue weighted by Gasteiger charge is -2.41. The van der Waals surface area contributed by atoms with Crippen molar-refractivity contribution in [2.45, 2.75) is 32.5 Å². The van der Waals surface area contributed by atoms with Gasteiger partial charge in [0, 0.05) is 44.4 Å². The number of aliphatic hydroxyl groups excluding tert-OH is 1. The van der Waals surface area contributed by atoms with Crippen molar-refractivity contribution in [3.8, 4) is 0 Å². The van der Waals surface area contributed by atoms with Crippen LogP contribution in [-0.2, 0) is 13.1 Å². The molecule has 2 aromatic rings. The predicted octanol–water partition coefficient (Wildman–Crippen LogP) is 2.80. The Hall–Kier alpha value is -1.69. The summed E-state index contributed by atoms with van der Waals surface area (Å²) < 4.78 is 19.6. The van der Waals surface area contributed by atoms with Crippen molar-refractivity contribution < 1.29 is 13.9 Å². The summed E-state index contributed by atoms with van der Waals surface area (Å²) in [5, 5.41) is 9.40. The largest absolute Gasteiger partial charge is 0.465 e. The van der Waals surface area contributed by atoms with Crippen molar-refractivity contribution >= 4 is 0 Å². The van der Waals surface area contributed by atoms with Crippen LogP contribution in [0.15, 0.2) is 40.8 Å². The fraction of sp³-hybridized carbons (Fsp3) is 0.474. The predicted molar refractivity (Wildman–Crippen MR) is 91.0 cm³/mol. The number of rotatable bonds is 6. The van der Waals surface area contributed by atoms with E-state index in [-0.39, 0.29) is 18.5 Å². The first-order valence-electron chi connectivity index (χ1n) is 8.51. The molecule has 0 aliphatic carbocycles. The summed E-state index contributed by atoms with van der Waals surface area (Å²) in [5.41, 5.74) is 0.732. The minimum atomic E-state index is -0.148. The number of aryl methyl sites for hydroxylation is 1. The number of nitrogens with zero attached hydrogens (tertiary/aromatic N) is 2. The van der Waals surface area contributed by atoms with Crippen LogP contribution in [0.1, 0.15) is 23.5 Å². The molecule has 0 radical (unpaired) electrons. The van der Waals surface area contributed by atoms with Gasteiger partial charge < -0.3 is 9.52 Å². The molecule has 1 aliphatic heterocycles. The zero-order chi connectivity index (χ0) is 16.9. The highest BCUT2D eigenvalue weighted by Gasteiger charge is 2.27. The van der Waals surface area contributed by atoms with Crippen LogP contribution < -0.4 is 0 Å². The van der Waals surface area contributed by atoms with Gasteiger partial charge in [0.15, 0.2) is 0 Å². The summed E-state index contributed by atoms with van der Waals surface area (Å²) in [6.45, 7) is 6.07. The lowest BCUT2D eigenvalue weighted by Crippen LogP contribution is -2.52. The van der Waals surface area contributed by atoms with Gasteiger partial charge in [0.1, 0.15) is 17.3 Å². The maximum Gasteiger partial charge on any atom is 0.127 e. The first-order valence-corrected chi connectivity index (χ1v) is 8.51. The van der Waals surface area contributed by atoms with Gasteiger partial charge >= 0.3 is 0 Å². The van der Waals surface area contributed by atoms with Crippen LogP contribution in [0.2, 0.25) is 0 Å². The van der Waals surface area contributed by atoms with Gasteiger partial charge in [0.2, 0.25) is 0 Å². The van der Waals surface area contributed by atoms with Crippen molar-refractivity contribution in [3.05, 3.63) is 59.3 Å². The van der Waals surface area contributed by atoms with Crippen molar-refractivity contribution in [1.82, 2.24) is 9.80 Å². The standard InChI is InChI=1S/C19H25FN2O2/c1-15-6-7-18(24-15)14-22-10-9-21(13-17(22)8-11-23)12-16-4-2-3-5-19(16)20/h2-7,17,23H,8-14H2,1H3. The van der Waals surface area contributed by atoms with Crippen LogP contribution in [0.25, 0.3) is 0 Å². The number of piperazine rings is 1. The fourth-order valence-corrected chi connectivity index (χ4v) is 3.37. The maximum atomic E-state index is 13.9. The Morgan fingerprint density at radius 2 is 2.00 bits per heavy atom. The zero-order valence-corrected chi connectivity index (χ0v) is 14.1. The van der Waals surface area contributed by atoms with Gasteiger partial charge in [-0.1, -0.05) is 18.2 Å². The quantitative estimate of drug-likeness (QED) is 0.883. The van der Waals surface area contributed by atoms with E-state index in [4.69, 9.17) is 4.42 Å². The average molecular weight is 332 g/mol. The lowest BCUT2D eigenvalue weighted by molar-refractivity contribution is 0.0449. The Morgan fingerprint density at radius 1 is 1.17 bits per heavy atom. The molecule has 1 fully saturated rings. The van der Waals surface area contributed by atoms with Gasteiger partial charge in [-0.15, -0.1) is 0 Å². The summed E-state index contributed by atoms with van der Waals surface area (Å²) in [4.78, 5) is 4.62. The third-order valence-corrected chi connectivity index (χ3v) is 4.66. The van der Waals surface area contributed by atoms with Crippen molar-refractivity contribution in [1.29, 1.82) is 0 Å². The molecule has 0 amide bonds. The smallest absolute Gasteiger partial charge is 0.127 e. The molecular formula is C19H25FN2O2. The Labute approximate surface area is 142 Å². The van der Waals surface area contributed by atoms with Crippen LogP contribution in [0.5, 0.6) is 0 Å². The first kappa shape index (κ1) is 17.1. The zero-order valence-electron chi connectivity index (χ0n) is 14.1. The second kappa shape index (κ2) is 7.92. The minimum absolute atomic E-state index is 0.148. The van der Waals surface area contributed by atoms with Crippen LogP contribution in [0, 0.1) is 12.7 Å². The first-order chi connectivity index (χ1) is 11.7. The van der Waals surface area contributed by atoms with Gasteiger partial charge in [-0.05, 0) is 31.5 Å². The number of hydrogen-bond donors (Lipinski definition) is 1. The number of benzene rings is 1. The average Bonchev–Trinajstić information content (AvgIpc) is 2.97. The third kappa shape index (κ3) is 4.23. The summed E-state index contributed by atoms with van der Waals surface area (Å²) in [6.07, 6.45) is 0.716. The molecule has 0 spiro atoms. The molecule has 24 heavy (non-hydrogen) atoms. The van der Waals surface area contributed by atoms with Crippen LogP contribution >= 0.6 is 0 Å². The highest BCUT2D eigenvalue weighted by molar-refractivity contribution is 5.17. The van der Waals surface area contributed by atoms with E-state index in [1.165, 1.54) is 6.07 Å². The van der Waals surface area contributed by atoms with E-state index in [9.17, 15) is 9.50 Å². The molecule has 1 atom stereocenters. The van der Waals surface area contributed by atoms with E-state index in [1.807, 2.05) is 31.2 Å². The Balaban J connectivity index is 1.63. The van der Waals surface area contributed by atoms with E-state index in [2.05, 4.69) is 9.80 Å². The van der Waals surface area contributed by atoms with Gasteiger partial charge in [-0.25, -0.2) is 4.39 Å². The normalized spacial score (nSPS) is 19.7. The van der Waals surface area contributed by atoms with Crippen molar-refractivity contribution in [2.75, 3.05) is 26.2 Å². The molecule has 1 aliphatic rings. The SMILES string of the molecule is Cc1ccc(CN2CCN(Cc3ccccc3F)CC2CCO)o1. The molecule has 1 unspecified atom stereocenters. The van der Waals surface area contributed by atoms with Gasteiger partial charge in [-0.3, -0.25) is 9.80 Å². The van der Waals surface area contributed by atoms with Gasteiger partial charge in [-0.2, -0.15) is 0 Å². The monoisotopic (exact) mass is 332 g/mol. The molecule has 3 rings (SSSR count). The minimum Gasteiger partial charge on any atom is -0.465 e. The van der Waals surface area contributed by atoms with E-state index in [1.54, 1.807) is 6.07 Å². The molecule has 2 heterocycles. The summed E-state index contributed by atoms with van der Waals surface area (Å²) >= 11 is 0. The highest BCUT2D eigenvalue weighted by Crippen LogP contribution is 2.20. The fourth-order valence-electron chi connectivity index (χ4n) is 3.37. The van der Waals surface area contributed by atoms with E-state index in [0.29, 0.717) is 13.0 Å². The molecular weight excluding hydrogens is 307 g/mol.